The van der Waals surface area contributed by atoms with Crippen LogP contribution in [0.15, 0.2) is 12.1 Å². The molecule has 1 amide bonds. The molecule has 1 aliphatic rings. The van der Waals surface area contributed by atoms with Crippen molar-refractivity contribution < 1.29 is 9.53 Å². The summed E-state index contributed by atoms with van der Waals surface area (Å²) in [5.41, 5.74) is 3.37. The molecule has 0 aliphatic carbocycles. The van der Waals surface area contributed by atoms with E-state index in [9.17, 15) is 4.79 Å². The lowest BCUT2D eigenvalue weighted by Gasteiger charge is -2.44. The van der Waals surface area contributed by atoms with E-state index in [1.54, 1.807) is 4.90 Å². The quantitative estimate of drug-likeness (QED) is 0.776. The highest BCUT2D eigenvalue weighted by Gasteiger charge is 2.40. The first kappa shape index (κ1) is 15.7. The van der Waals surface area contributed by atoms with Gasteiger partial charge < -0.3 is 10.1 Å². The lowest BCUT2D eigenvalue weighted by atomic mass is 9.95. The Balaban J connectivity index is 2.51. The number of hydrogen-bond acceptors (Lipinski definition) is 3. The second-order valence-corrected chi connectivity index (χ2v) is 7.46. The predicted molar refractivity (Wildman–Crippen MR) is 87.2 cm³/mol. The molecule has 1 N–H and O–H groups in total. The van der Waals surface area contributed by atoms with Crippen LogP contribution in [0.5, 0.6) is 0 Å². The lowest BCUT2D eigenvalue weighted by molar-refractivity contribution is 0.0546. The highest BCUT2D eigenvalue weighted by atomic mass is 16.6. The first-order valence-electron chi connectivity index (χ1n) is 7.40. The number of fused-ring (bicyclic) bond motifs is 1. The first-order chi connectivity index (χ1) is 9.51. The second-order valence-electron chi connectivity index (χ2n) is 7.46. The normalized spacial score (nSPS) is 17.0. The highest BCUT2D eigenvalue weighted by molar-refractivity contribution is 5.96. The van der Waals surface area contributed by atoms with Crippen molar-refractivity contribution in [2.75, 3.05) is 16.8 Å². The molecule has 1 aliphatic heterocycles. The number of rotatable bonds is 0. The van der Waals surface area contributed by atoms with Crippen LogP contribution in [0.25, 0.3) is 0 Å². The van der Waals surface area contributed by atoms with Gasteiger partial charge in [-0.15, -0.1) is 0 Å². The molecule has 0 saturated heterocycles. The van der Waals surface area contributed by atoms with E-state index in [4.69, 9.17) is 4.74 Å². The lowest BCUT2D eigenvalue weighted by Crippen LogP contribution is -2.56. The number of aryl methyl sites for hydroxylation is 2. The monoisotopic (exact) mass is 290 g/mol. The Hall–Kier alpha value is -1.71. The van der Waals surface area contributed by atoms with Gasteiger partial charge in [-0.1, -0.05) is 6.07 Å². The van der Waals surface area contributed by atoms with Gasteiger partial charge in [-0.05, 0) is 65.7 Å². The van der Waals surface area contributed by atoms with Crippen molar-refractivity contribution in [1.82, 2.24) is 0 Å². The maximum Gasteiger partial charge on any atom is 0.415 e. The van der Waals surface area contributed by atoms with Crippen molar-refractivity contribution in [3.05, 3.63) is 23.3 Å². The Labute approximate surface area is 127 Å². The molecule has 1 aromatic rings. The van der Waals surface area contributed by atoms with E-state index in [0.29, 0.717) is 6.54 Å². The van der Waals surface area contributed by atoms with Gasteiger partial charge in [0.15, 0.2) is 0 Å². The number of benzene rings is 1. The minimum atomic E-state index is -0.503. The fourth-order valence-electron chi connectivity index (χ4n) is 2.71. The Kier molecular flexibility index (Phi) is 3.68. The van der Waals surface area contributed by atoms with Crippen molar-refractivity contribution in [2.45, 2.75) is 59.6 Å². The van der Waals surface area contributed by atoms with E-state index >= 15 is 0 Å². The molecule has 116 valence electrons. The number of anilines is 2. The van der Waals surface area contributed by atoms with Crippen molar-refractivity contribution in [2.24, 2.45) is 0 Å². The topological polar surface area (TPSA) is 41.6 Å². The summed E-state index contributed by atoms with van der Waals surface area (Å²) in [4.78, 5) is 14.5. The van der Waals surface area contributed by atoms with Gasteiger partial charge in [0.1, 0.15) is 5.60 Å². The standard InChI is InChI=1S/C17H26N2O2/c1-11-8-12(2)14-13(9-11)19(17(6,7)10-18-14)15(20)21-16(3,4)5/h8-9,18H,10H2,1-7H3. The summed E-state index contributed by atoms with van der Waals surface area (Å²) in [5.74, 6) is 0. The number of hydrogen-bond donors (Lipinski definition) is 1. The summed E-state index contributed by atoms with van der Waals surface area (Å²) >= 11 is 0. The summed E-state index contributed by atoms with van der Waals surface area (Å²) in [6, 6.07) is 4.16. The number of ether oxygens (including phenoxy) is 1. The van der Waals surface area contributed by atoms with Crippen LogP contribution < -0.4 is 10.2 Å². The molecule has 0 unspecified atom stereocenters. The van der Waals surface area contributed by atoms with E-state index in [-0.39, 0.29) is 11.6 Å². The van der Waals surface area contributed by atoms with E-state index in [1.165, 1.54) is 0 Å². The Bertz CT molecular complexity index is 571. The van der Waals surface area contributed by atoms with Gasteiger partial charge >= 0.3 is 6.09 Å². The van der Waals surface area contributed by atoms with Crippen LogP contribution in [-0.2, 0) is 4.74 Å². The van der Waals surface area contributed by atoms with E-state index in [2.05, 4.69) is 18.3 Å². The maximum absolute atomic E-state index is 12.7. The van der Waals surface area contributed by atoms with Crippen molar-refractivity contribution in [3.8, 4) is 0 Å². The van der Waals surface area contributed by atoms with E-state index in [0.717, 1.165) is 22.5 Å². The number of carbonyl (C=O) groups excluding carboxylic acids is 1. The molecule has 0 bridgehead atoms. The Morgan fingerprint density at radius 2 is 1.90 bits per heavy atom. The summed E-state index contributed by atoms with van der Waals surface area (Å²) in [5, 5.41) is 3.45. The van der Waals surface area contributed by atoms with Crippen LogP contribution >= 0.6 is 0 Å². The summed E-state index contributed by atoms with van der Waals surface area (Å²) in [6.45, 7) is 14.6. The largest absolute Gasteiger partial charge is 0.443 e. The molecule has 2 rings (SSSR count). The van der Waals surface area contributed by atoms with Gasteiger partial charge in [0.2, 0.25) is 0 Å². The van der Waals surface area contributed by atoms with Gasteiger partial charge in [-0.25, -0.2) is 4.79 Å². The summed E-state index contributed by atoms with van der Waals surface area (Å²) in [6.07, 6.45) is -0.291. The molecule has 0 fully saturated rings. The highest BCUT2D eigenvalue weighted by Crippen LogP contribution is 2.39. The molecule has 0 spiro atoms. The van der Waals surface area contributed by atoms with Crippen LogP contribution in [0.3, 0.4) is 0 Å². The minimum absolute atomic E-state index is 0.291. The molecule has 0 saturated carbocycles. The van der Waals surface area contributed by atoms with Crippen LogP contribution in [-0.4, -0.2) is 23.8 Å². The third-order valence-electron chi connectivity index (χ3n) is 3.58. The maximum atomic E-state index is 12.7. The van der Waals surface area contributed by atoms with Crippen molar-refractivity contribution >= 4 is 17.5 Å². The third kappa shape index (κ3) is 3.14. The van der Waals surface area contributed by atoms with Gasteiger partial charge in [-0.3, -0.25) is 4.90 Å². The van der Waals surface area contributed by atoms with Gasteiger partial charge in [0.25, 0.3) is 0 Å². The average molecular weight is 290 g/mol. The number of amides is 1. The van der Waals surface area contributed by atoms with E-state index in [1.807, 2.05) is 47.6 Å². The Morgan fingerprint density at radius 1 is 1.29 bits per heavy atom. The molecular formula is C17H26N2O2. The minimum Gasteiger partial charge on any atom is -0.443 e. The smallest absolute Gasteiger partial charge is 0.415 e. The van der Waals surface area contributed by atoms with Crippen LogP contribution in [0.4, 0.5) is 16.2 Å². The fourth-order valence-corrected chi connectivity index (χ4v) is 2.71. The molecule has 4 heteroatoms. The molecule has 0 radical (unpaired) electrons. The zero-order valence-electron chi connectivity index (χ0n) is 14.1. The van der Waals surface area contributed by atoms with Crippen LogP contribution in [0, 0.1) is 13.8 Å². The van der Waals surface area contributed by atoms with Crippen molar-refractivity contribution in [1.29, 1.82) is 0 Å². The predicted octanol–water partition coefficient (Wildman–Crippen LogP) is 4.25. The van der Waals surface area contributed by atoms with Crippen molar-refractivity contribution in [3.63, 3.8) is 0 Å². The fraction of sp³-hybridized carbons (Fsp3) is 0.588. The Morgan fingerprint density at radius 3 is 2.48 bits per heavy atom. The third-order valence-corrected chi connectivity index (χ3v) is 3.58. The first-order valence-corrected chi connectivity index (χ1v) is 7.40. The SMILES string of the molecule is Cc1cc(C)c2c(c1)N(C(=O)OC(C)(C)C)C(C)(C)CN2. The summed E-state index contributed by atoms with van der Waals surface area (Å²) in [7, 11) is 0. The zero-order valence-corrected chi connectivity index (χ0v) is 14.1. The van der Waals surface area contributed by atoms with Gasteiger partial charge in [0, 0.05) is 6.54 Å². The molecule has 0 atom stereocenters. The van der Waals surface area contributed by atoms with E-state index < -0.39 is 5.60 Å². The molecule has 4 nitrogen and oxygen atoms in total. The number of nitrogens with zero attached hydrogens (tertiary/aromatic N) is 1. The summed E-state index contributed by atoms with van der Waals surface area (Å²) < 4.78 is 5.61. The molecule has 0 aromatic heterocycles. The van der Waals surface area contributed by atoms with Crippen LogP contribution in [0.2, 0.25) is 0 Å². The number of nitrogens with one attached hydrogen (secondary N) is 1. The molecule has 1 heterocycles. The average Bonchev–Trinajstić information content (AvgIpc) is 2.23. The second kappa shape index (κ2) is 4.93. The van der Waals surface area contributed by atoms with Gasteiger partial charge in [-0.2, -0.15) is 0 Å². The molecular weight excluding hydrogens is 264 g/mol. The molecule has 1 aromatic carbocycles. The molecule has 21 heavy (non-hydrogen) atoms. The number of carbonyl (C=O) groups is 1. The van der Waals surface area contributed by atoms with Crippen LogP contribution in [0.1, 0.15) is 45.7 Å². The zero-order chi connectivity index (χ0) is 16.0. The van der Waals surface area contributed by atoms with Gasteiger partial charge in [0.05, 0.1) is 16.9 Å².